The fourth-order valence-corrected chi connectivity index (χ4v) is 3.21. The fourth-order valence-electron chi connectivity index (χ4n) is 3.21. The van der Waals surface area contributed by atoms with Crippen LogP contribution in [0.1, 0.15) is 35.9 Å². The molecule has 1 N–H and O–H groups in total. The van der Waals surface area contributed by atoms with Crippen molar-refractivity contribution in [3.05, 3.63) is 60.1 Å². The topological polar surface area (TPSA) is 61.1 Å². The Morgan fingerprint density at radius 1 is 1.11 bits per heavy atom. The van der Waals surface area contributed by atoms with E-state index in [1.807, 2.05) is 11.0 Å². The highest BCUT2D eigenvalue weighted by atomic mass is 127. The molecule has 152 valence electrons. The number of nitrogens with zero attached hydrogens (tertiary/aromatic N) is 3. The van der Waals surface area contributed by atoms with E-state index in [9.17, 15) is 4.79 Å². The molecule has 0 spiro atoms. The van der Waals surface area contributed by atoms with Crippen LogP contribution in [0.25, 0.3) is 0 Å². The standard InChI is InChI=1S/C21H28N4O2.HI/c1-3-22-21(23-16-17(2)18-8-5-4-6-9-18)25-13-11-24(12-14-25)20(26)19-10-7-15-27-19;/h4-10,15,17H,3,11-14,16H2,1-2H3,(H,22,23);1H. The molecular formula is C21H29IN4O2. The van der Waals surface area contributed by atoms with E-state index in [1.165, 1.54) is 11.8 Å². The molecule has 1 amide bonds. The first-order valence-electron chi connectivity index (χ1n) is 9.60. The van der Waals surface area contributed by atoms with Crippen LogP contribution < -0.4 is 5.32 Å². The zero-order valence-corrected chi connectivity index (χ0v) is 18.8. The van der Waals surface area contributed by atoms with Gasteiger partial charge in [-0.1, -0.05) is 37.3 Å². The van der Waals surface area contributed by atoms with E-state index in [2.05, 4.69) is 48.3 Å². The highest BCUT2D eigenvalue weighted by Gasteiger charge is 2.25. The summed E-state index contributed by atoms with van der Waals surface area (Å²) >= 11 is 0. The SMILES string of the molecule is CCNC(=NCC(C)c1ccccc1)N1CCN(C(=O)c2ccco2)CC1.I. The quantitative estimate of drug-likeness (QED) is 0.392. The molecule has 0 saturated carbocycles. The number of rotatable bonds is 5. The zero-order valence-electron chi connectivity index (χ0n) is 16.5. The second-order valence-electron chi connectivity index (χ2n) is 6.76. The van der Waals surface area contributed by atoms with E-state index in [0.29, 0.717) is 24.8 Å². The highest BCUT2D eigenvalue weighted by molar-refractivity contribution is 14.0. The Morgan fingerprint density at radius 3 is 2.39 bits per heavy atom. The second kappa shape index (κ2) is 11.1. The normalized spacial score (nSPS) is 15.7. The van der Waals surface area contributed by atoms with Crippen LogP contribution in [0.3, 0.4) is 0 Å². The lowest BCUT2D eigenvalue weighted by molar-refractivity contribution is 0.0657. The first-order valence-corrected chi connectivity index (χ1v) is 9.60. The van der Waals surface area contributed by atoms with Gasteiger partial charge in [0, 0.05) is 45.2 Å². The van der Waals surface area contributed by atoms with Gasteiger partial charge in [0.2, 0.25) is 0 Å². The molecular weight excluding hydrogens is 467 g/mol. The number of furan rings is 1. The van der Waals surface area contributed by atoms with E-state index < -0.39 is 0 Å². The van der Waals surface area contributed by atoms with Gasteiger partial charge >= 0.3 is 0 Å². The van der Waals surface area contributed by atoms with Crippen molar-refractivity contribution in [2.24, 2.45) is 4.99 Å². The number of nitrogens with one attached hydrogen (secondary N) is 1. The summed E-state index contributed by atoms with van der Waals surface area (Å²) in [5.41, 5.74) is 1.30. The number of carbonyl (C=O) groups is 1. The van der Waals surface area contributed by atoms with E-state index >= 15 is 0 Å². The van der Waals surface area contributed by atoms with Crippen molar-refractivity contribution in [3.8, 4) is 0 Å². The summed E-state index contributed by atoms with van der Waals surface area (Å²) in [6.07, 6.45) is 1.54. The largest absolute Gasteiger partial charge is 0.459 e. The summed E-state index contributed by atoms with van der Waals surface area (Å²) in [4.78, 5) is 21.3. The van der Waals surface area contributed by atoms with Crippen LogP contribution in [0, 0.1) is 0 Å². The van der Waals surface area contributed by atoms with Gasteiger partial charge in [0.1, 0.15) is 0 Å². The molecule has 1 fully saturated rings. The molecule has 2 aromatic rings. The number of aliphatic imine (C=N–C) groups is 1. The van der Waals surface area contributed by atoms with Gasteiger partial charge in [-0.2, -0.15) is 0 Å². The Labute approximate surface area is 184 Å². The van der Waals surface area contributed by atoms with Gasteiger partial charge in [-0.3, -0.25) is 9.79 Å². The van der Waals surface area contributed by atoms with Gasteiger partial charge in [0.05, 0.1) is 6.26 Å². The summed E-state index contributed by atoms with van der Waals surface area (Å²) in [6.45, 7) is 8.68. The van der Waals surface area contributed by atoms with Crippen molar-refractivity contribution >= 4 is 35.8 Å². The molecule has 1 atom stereocenters. The van der Waals surface area contributed by atoms with E-state index in [4.69, 9.17) is 9.41 Å². The Hall–Kier alpha value is -2.03. The predicted octanol–water partition coefficient (Wildman–Crippen LogP) is 3.42. The molecule has 1 aliphatic heterocycles. The zero-order chi connectivity index (χ0) is 19.1. The van der Waals surface area contributed by atoms with Crippen molar-refractivity contribution in [3.63, 3.8) is 0 Å². The van der Waals surface area contributed by atoms with Crippen LogP contribution in [0.15, 0.2) is 58.1 Å². The number of piperazine rings is 1. The minimum absolute atomic E-state index is 0. The monoisotopic (exact) mass is 496 g/mol. The molecule has 2 heterocycles. The lowest BCUT2D eigenvalue weighted by Crippen LogP contribution is -2.53. The van der Waals surface area contributed by atoms with Crippen LogP contribution >= 0.6 is 24.0 Å². The first kappa shape index (κ1) is 22.3. The van der Waals surface area contributed by atoms with Gasteiger partial charge in [0.25, 0.3) is 5.91 Å². The Morgan fingerprint density at radius 2 is 1.79 bits per heavy atom. The third-order valence-corrected chi connectivity index (χ3v) is 4.82. The van der Waals surface area contributed by atoms with Crippen molar-refractivity contribution < 1.29 is 9.21 Å². The van der Waals surface area contributed by atoms with E-state index in [0.717, 1.165) is 32.1 Å². The van der Waals surface area contributed by atoms with Gasteiger partial charge in [-0.25, -0.2) is 0 Å². The lowest BCUT2D eigenvalue weighted by atomic mass is 10.0. The molecule has 1 saturated heterocycles. The molecule has 28 heavy (non-hydrogen) atoms. The maximum Gasteiger partial charge on any atom is 0.289 e. The van der Waals surface area contributed by atoms with E-state index in [-0.39, 0.29) is 29.9 Å². The first-order chi connectivity index (χ1) is 13.2. The van der Waals surface area contributed by atoms with Gasteiger partial charge in [-0.05, 0) is 24.6 Å². The third kappa shape index (κ3) is 5.73. The number of guanidine groups is 1. The molecule has 1 aliphatic rings. The summed E-state index contributed by atoms with van der Waals surface area (Å²) in [5, 5.41) is 3.38. The maximum atomic E-state index is 12.4. The van der Waals surface area contributed by atoms with Crippen molar-refractivity contribution in [2.45, 2.75) is 19.8 Å². The molecule has 1 unspecified atom stereocenters. The van der Waals surface area contributed by atoms with Crippen LogP contribution in [0.2, 0.25) is 0 Å². The molecule has 6 nitrogen and oxygen atoms in total. The minimum atomic E-state index is -0.0423. The minimum Gasteiger partial charge on any atom is -0.459 e. The number of hydrogen-bond acceptors (Lipinski definition) is 3. The van der Waals surface area contributed by atoms with Gasteiger partial charge < -0.3 is 19.5 Å². The van der Waals surface area contributed by atoms with Crippen LogP contribution in [0.4, 0.5) is 0 Å². The summed E-state index contributed by atoms with van der Waals surface area (Å²) in [7, 11) is 0. The molecule has 1 aromatic heterocycles. The molecule has 0 bridgehead atoms. The molecule has 0 aliphatic carbocycles. The fraction of sp³-hybridized carbons (Fsp3) is 0.429. The molecule has 1 aromatic carbocycles. The maximum absolute atomic E-state index is 12.4. The Bertz CT molecular complexity index is 741. The molecule has 3 rings (SSSR count). The van der Waals surface area contributed by atoms with Crippen LogP contribution in [-0.2, 0) is 0 Å². The van der Waals surface area contributed by atoms with E-state index in [1.54, 1.807) is 12.1 Å². The average Bonchev–Trinajstić information content (AvgIpc) is 3.26. The van der Waals surface area contributed by atoms with Crippen LogP contribution in [-0.4, -0.2) is 60.9 Å². The Kier molecular flexibility index (Phi) is 8.82. The molecule has 7 heteroatoms. The predicted molar refractivity (Wildman–Crippen MR) is 122 cm³/mol. The van der Waals surface area contributed by atoms with Gasteiger partial charge in [0.15, 0.2) is 11.7 Å². The van der Waals surface area contributed by atoms with Crippen molar-refractivity contribution in [2.75, 3.05) is 39.3 Å². The number of halogens is 1. The van der Waals surface area contributed by atoms with Crippen LogP contribution in [0.5, 0.6) is 0 Å². The lowest BCUT2D eigenvalue weighted by Gasteiger charge is -2.36. The number of carbonyl (C=O) groups excluding carboxylic acids is 1. The smallest absolute Gasteiger partial charge is 0.289 e. The summed E-state index contributed by atoms with van der Waals surface area (Å²) in [5.74, 6) is 1.65. The average molecular weight is 496 g/mol. The second-order valence-corrected chi connectivity index (χ2v) is 6.76. The van der Waals surface area contributed by atoms with Gasteiger partial charge in [-0.15, -0.1) is 24.0 Å². The third-order valence-electron chi connectivity index (χ3n) is 4.82. The number of hydrogen-bond donors (Lipinski definition) is 1. The summed E-state index contributed by atoms with van der Waals surface area (Å²) < 4.78 is 5.23. The number of amides is 1. The Balaban J connectivity index is 0.00000280. The number of benzene rings is 1. The van der Waals surface area contributed by atoms with Crippen molar-refractivity contribution in [1.29, 1.82) is 0 Å². The highest BCUT2D eigenvalue weighted by Crippen LogP contribution is 2.15. The van der Waals surface area contributed by atoms with Crippen molar-refractivity contribution in [1.82, 2.24) is 15.1 Å². The summed E-state index contributed by atoms with van der Waals surface area (Å²) in [6, 6.07) is 13.9. The molecule has 0 radical (unpaired) electrons.